The number of hydrogen-bond acceptors (Lipinski definition) is 4. The molecule has 1 unspecified atom stereocenters. The topological polar surface area (TPSA) is 58.5 Å². The molecule has 3 aromatic rings. The maximum atomic E-state index is 13.1. The van der Waals surface area contributed by atoms with Crippen LogP contribution in [0, 0.1) is 0 Å². The van der Waals surface area contributed by atoms with Gasteiger partial charge in [0.05, 0.1) is 5.69 Å². The number of nitrogens with zero attached hydrogens (tertiary/aromatic N) is 1. The highest BCUT2D eigenvalue weighted by molar-refractivity contribution is 6.56. The molecule has 0 spiro atoms. The van der Waals surface area contributed by atoms with Gasteiger partial charge < -0.3 is 5.32 Å². The minimum atomic E-state index is -0.819. The van der Waals surface area contributed by atoms with Gasteiger partial charge >= 0.3 is 0 Å². The zero-order valence-electron chi connectivity index (χ0n) is 13.9. The van der Waals surface area contributed by atoms with Crippen molar-refractivity contribution in [3.8, 4) is 0 Å². The van der Waals surface area contributed by atoms with E-state index in [4.69, 9.17) is 0 Å². The van der Waals surface area contributed by atoms with Crippen molar-refractivity contribution in [1.29, 1.82) is 0 Å². The third kappa shape index (κ3) is 2.93. The average molecular weight is 340 g/mol. The monoisotopic (exact) mass is 340 g/mol. The number of ketones is 2. The van der Waals surface area contributed by atoms with Crippen molar-refractivity contribution in [2.24, 2.45) is 4.99 Å². The molecule has 4 heteroatoms. The molecule has 0 radical (unpaired) electrons. The van der Waals surface area contributed by atoms with Gasteiger partial charge in [-0.3, -0.25) is 9.59 Å². The van der Waals surface area contributed by atoms with Crippen LogP contribution in [0.3, 0.4) is 0 Å². The van der Waals surface area contributed by atoms with E-state index in [-0.39, 0.29) is 17.3 Å². The van der Waals surface area contributed by atoms with Gasteiger partial charge in [0.25, 0.3) is 0 Å². The molecule has 0 saturated carbocycles. The summed E-state index contributed by atoms with van der Waals surface area (Å²) in [6, 6.07) is 24.6. The van der Waals surface area contributed by atoms with Crippen LogP contribution < -0.4 is 5.32 Å². The molecule has 0 bridgehead atoms. The molecular weight excluding hydrogens is 324 g/mol. The first-order valence-electron chi connectivity index (χ1n) is 8.37. The Hall–Kier alpha value is -3.53. The zero-order chi connectivity index (χ0) is 17.9. The molecule has 1 atom stereocenters. The summed E-state index contributed by atoms with van der Waals surface area (Å²) in [5.41, 5.74) is 2.45. The average Bonchev–Trinajstić information content (AvgIpc) is 2.70. The number of nitrogens with one attached hydrogen (secondary N) is 1. The summed E-state index contributed by atoms with van der Waals surface area (Å²) in [6.07, 6.45) is 0. The first-order valence-corrected chi connectivity index (χ1v) is 8.37. The largest absolute Gasteiger partial charge is 0.370 e. The van der Waals surface area contributed by atoms with E-state index in [9.17, 15) is 9.59 Å². The minimum absolute atomic E-state index is 0.154. The predicted octanol–water partition coefficient (Wildman–Crippen LogP) is 4.32. The summed E-state index contributed by atoms with van der Waals surface area (Å²) in [7, 11) is 0. The van der Waals surface area contributed by atoms with Gasteiger partial charge in [0.15, 0.2) is 5.78 Å². The van der Waals surface area contributed by atoms with Crippen LogP contribution in [-0.4, -0.2) is 23.3 Å². The summed E-state index contributed by atoms with van der Waals surface area (Å²) in [5.74, 6) is -0.379. The molecule has 0 fully saturated rings. The molecule has 0 aromatic heterocycles. The van der Waals surface area contributed by atoms with E-state index in [1.165, 1.54) is 0 Å². The molecule has 3 aromatic carbocycles. The highest BCUT2D eigenvalue weighted by Gasteiger charge is 2.38. The van der Waals surface area contributed by atoms with Gasteiger partial charge in [-0.05, 0) is 24.3 Å². The van der Waals surface area contributed by atoms with E-state index >= 15 is 0 Å². The molecule has 4 rings (SSSR count). The van der Waals surface area contributed by atoms with Crippen LogP contribution in [0.15, 0.2) is 89.9 Å². The van der Waals surface area contributed by atoms with Crippen LogP contribution in [0.2, 0.25) is 0 Å². The Bertz CT molecular complexity index is 995. The Morgan fingerprint density at radius 3 is 1.96 bits per heavy atom. The summed E-state index contributed by atoms with van der Waals surface area (Å²) >= 11 is 0. The third-order valence-electron chi connectivity index (χ3n) is 4.30. The van der Waals surface area contributed by atoms with E-state index in [0.29, 0.717) is 16.8 Å². The lowest BCUT2D eigenvalue weighted by atomic mass is 9.84. The summed E-state index contributed by atoms with van der Waals surface area (Å²) < 4.78 is 0. The number of para-hydroxylation sites is 2. The van der Waals surface area contributed by atoms with E-state index in [0.717, 1.165) is 5.69 Å². The smallest absolute Gasteiger partial charge is 0.210 e. The fraction of sp³-hybridized carbons (Fsp3) is 0.0455. The number of carbonyl (C=O) groups excluding carboxylic acids is 2. The third-order valence-corrected chi connectivity index (χ3v) is 4.30. The quantitative estimate of drug-likeness (QED) is 0.772. The van der Waals surface area contributed by atoms with Crippen molar-refractivity contribution in [3.05, 3.63) is 96.1 Å². The Morgan fingerprint density at radius 2 is 1.27 bits per heavy atom. The number of benzene rings is 3. The molecule has 1 aliphatic carbocycles. The zero-order valence-corrected chi connectivity index (χ0v) is 13.9. The van der Waals surface area contributed by atoms with Crippen LogP contribution in [0.25, 0.3) is 0 Å². The molecular formula is C22H16N2O2. The van der Waals surface area contributed by atoms with E-state index < -0.39 is 6.04 Å². The Kier molecular flexibility index (Phi) is 4.15. The Balaban J connectivity index is 1.83. The van der Waals surface area contributed by atoms with E-state index in [1.54, 1.807) is 24.3 Å². The number of rotatable bonds is 3. The molecule has 4 nitrogen and oxygen atoms in total. The fourth-order valence-corrected chi connectivity index (χ4v) is 3.04. The number of Topliss-reactive ketones (excluding diaryl/α,β-unsaturated/α-hetero) is 2. The molecule has 0 saturated heterocycles. The highest BCUT2D eigenvalue weighted by atomic mass is 16.1. The highest BCUT2D eigenvalue weighted by Crippen LogP contribution is 2.25. The van der Waals surface area contributed by atoms with Crippen molar-refractivity contribution < 1.29 is 9.59 Å². The van der Waals surface area contributed by atoms with Gasteiger partial charge in [-0.2, -0.15) is 0 Å². The maximum Gasteiger partial charge on any atom is 0.210 e. The molecule has 0 heterocycles. The van der Waals surface area contributed by atoms with Gasteiger partial charge in [-0.25, -0.2) is 4.99 Å². The van der Waals surface area contributed by atoms with Crippen molar-refractivity contribution >= 4 is 28.7 Å². The van der Waals surface area contributed by atoms with Crippen LogP contribution in [0.4, 0.5) is 11.4 Å². The predicted molar refractivity (Wildman–Crippen MR) is 102 cm³/mol. The standard InChI is InChI=1S/C22H16N2O2/c25-21-17-13-7-8-14-18(17)22(26)20(24-16-11-5-2-6-12-16)19(21)23-15-9-3-1-4-10-15/h1-14,19,23H. The summed E-state index contributed by atoms with van der Waals surface area (Å²) in [6.45, 7) is 0. The normalized spacial score (nSPS) is 17.8. The molecule has 26 heavy (non-hydrogen) atoms. The van der Waals surface area contributed by atoms with Crippen LogP contribution in [-0.2, 0) is 0 Å². The van der Waals surface area contributed by atoms with Crippen molar-refractivity contribution in [2.75, 3.05) is 5.32 Å². The number of anilines is 1. The van der Waals surface area contributed by atoms with Crippen LogP contribution >= 0.6 is 0 Å². The second-order valence-electron chi connectivity index (χ2n) is 6.01. The van der Waals surface area contributed by atoms with Crippen LogP contribution in [0.1, 0.15) is 20.7 Å². The van der Waals surface area contributed by atoms with Crippen molar-refractivity contribution in [2.45, 2.75) is 6.04 Å². The maximum absolute atomic E-state index is 13.1. The van der Waals surface area contributed by atoms with Gasteiger partial charge in [0.1, 0.15) is 11.8 Å². The SMILES string of the molecule is O=C1C(=Nc2ccccc2)C(Nc2ccccc2)C(=O)c2ccccc21. The lowest BCUT2D eigenvalue weighted by Gasteiger charge is -2.26. The molecule has 1 aliphatic rings. The second kappa shape index (κ2) is 6.76. The lowest BCUT2D eigenvalue weighted by Crippen LogP contribution is -2.46. The first kappa shape index (κ1) is 16.0. The van der Waals surface area contributed by atoms with Crippen molar-refractivity contribution in [1.82, 2.24) is 0 Å². The number of aliphatic imine (C=N–C) groups is 1. The second-order valence-corrected chi connectivity index (χ2v) is 6.01. The van der Waals surface area contributed by atoms with Gasteiger partial charge in [-0.1, -0.05) is 60.7 Å². The fourth-order valence-electron chi connectivity index (χ4n) is 3.04. The first-order chi connectivity index (χ1) is 12.7. The number of carbonyl (C=O) groups is 2. The van der Waals surface area contributed by atoms with E-state index in [2.05, 4.69) is 10.3 Å². The number of hydrogen-bond donors (Lipinski definition) is 1. The van der Waals surface area contributed by atoms with Gasteiger partial charge in [0, 0.05) is 16.8 Å². The Morgan fingerprint density at radius 1 is 0.692 bits per heavy atom. The van der Waals surface area contributed by atoms with Crippen molar-refractivity contribution in [3.63, 3.8) is 0 Å². The van der Waals surface area contributed by atoms with E-state index in [1.807, 2.05) is 60.7 Å². The Labute approximate surface area is 151 Å². The summed E-state index contributed by atoms with van der Waals surface area (Å²) in [4.78, 5) is 30.6. The summed E-state index contributed by atoms with van der Waals surface area (Å²) in [5, 5.41) is 3.17. The van der Waals surface area contributed by atoms with Gasteiger partial charge in [0.2, 0.25) is 5.78 Å². The lowest BCUT2D eigenvalue weighted by molar-refractivity contribution is 0.0955. The number of fused-ring (bicyclic) bond motifs is 1. The van der Waals surface area contributed by atoms with Crippen LogP contribution in [0.5, 0.6) is 0 Å². The molecule has 1 N–H and O–H groups in total. The molecule has 0 aliphatic heterocycles. The molecule has 0 amide bonds. The minimum Gasteiger partial charge on any atom is -0.370 e. The van der Waals surface area contributed by atoms with Gasteiger partial charge in [-0.15, -0.1) is 0 Å². The molecule has 126 valence electrons.